The second-order valence-corrected chi connectivity index (χ2v) is 4.80. The summed E-state index contributed by atoms with van der Waals surface area (Å²) in [5, 5.41) is 0. The summed E-state index contributed by atoms with van der Waals surface area (Å²) in [5.41, 5.74) is 0. The quantitative estimate of drug-likeness (QED) is 0.738. The first-order chi connectivity index (χ1) is 7.45. The second-order valence-electron chi connectivity index (χ2n) is 4.80. The zero-order valence-electron chi connectivity index (χ0n) is 9.57. The second kappa shape index (κ2) is 5.94. The fourth-order valence-corrected chi connectivity index (χ4v) is 2.58. The topological polar surface area (TPSA) is 17.8 Å². The zero-order chi connectivity index (χ0) is 10.3. The Bertz CT molecular complexity index is 246. The average Bonchev–Trinajstić information content (AvgIpc) is 2.68. The molecular formula is C13H22N2. The molecule has 0 bridgehead atoms. The van der Waals surface area contributed by atoms with Crippen LogP contribution in [0.2, 0.25) is 0 Å². The summed E-state index contributed by atoms with van der Waals surface area (Å²) < 4.78 is 2.21. The van der Waals surface area contributed by atoms with Crippen LogP contribution in [0.1, 0.15) is 51.4 Å². The Hall–Kier alpha value is -0.790. The molecule has 2 heteroatoms. The van der Waals surface area contributed by atoms with Crippen molar-refractivity contribution >= 4 is 0 Å². The summed E-state index contributed by atoms with van der Waals surface area (Å²) in [7, 11) is 0. The minimum Gasteiger partial charge on any atom is -0.337 e. The predicted molar refractivity (Wildman–Crippen MR) is 62.7 cm³/mol. The molecule has 1 heterocycles. The highest BCUT2D eigenvalue weighted by Crippen LogP contribution is 2.25. The van der Waals surface area contributed by atoms with Crippen molar-refractivity contribution in [3.8, 4) is 0 Å². The molecule has 0 saturated heterocycles. The molecule has 15 heavy (non-hydrogen) atoms. The van der Waals surface area contributed by atoms with Gasteiger partial charge < -0.3 is 4.57 Å². The maximum atomic E-state index is 4.08. The fraction of sp³-hybridized carbons (Fsp3) is 0.769. The zero-order valence-corrected chi connectivity index (χ0v) is 9.57. The van der Waals surface area contributed by atoms with Gasteiger partial charge in [-0.1, -0.05) is 44.9 Å². The normalized spacial score (nSPS) is 19.7. The van der Waals surface area contributed by atoms with Gasteiger partial charge in [-0.2, -0.15) is 0 Å². The average molecular weight is 206 g/mol. The van der Waals surface area contributed by atoms with Crippen LogP contribution in [0.15, 0.2) is 18.7 Å². The molecule has 2 rings (SSSR count). The molecule has 0 unspecified atom stereocenters. The number of nitrogens with zero attached hydrogens (tertiary/aromatic N) is 2. The highest BCUT2D eigenvalue weighted by atomic mass is 15.0. The van der Waals surface area contributed by atoms with Gasteiger partial charge in [-0.25, -0.2) is 4.98 Å². The Morgan fingerprint density at radius 3 is 2.47 bits per heavy atom. The van der Waals surface area contributed by atoms with E-state index in [1.807, 2.05) is 12.5 Å². The van der Waals surface area contributed by atoms with Gasteiger partial charge in [-0.15, -0.1) is 0 Å². The Morgan fingerprint density at radius 1 is 1.07 bits per heavy atom. The number of hydrogen-bond donors (Lipinski definition) is 0. The molecule has 0 spiro atoms. The van der Waals surface area contributed by atoms with Crippen LogP contribution in [-0.4, -0.2) is 9.55 Å². The van der Waals surface area contributed by atoms with Crippen molar-refractivity contribution in [2.24, 2.45) is 5.92 Å². The third-order valence-corrected chi connectivity index (χ3v) is 3.58. The van der Waals surface area contributed by atoms with Gasteiger partial charge in [-0.3, -0.25) is 0 Å². The van der Waals surface area contributed by atoms with Gasteiger partial charge >= 0.3 is 0 Å². The molecule has 1 aliphatic rings. The number of hydrogen-bond acceptors (Lipinski definition) is 1. The Morgan fingerprint density at radius 2 is 1.80 bits per heavy atom. The molecule has 1 aromatic heterocycles. The molecule has 2 nitrogen and oxygen atoms in total. The van der Waals surface area contributed by atoms with Crippen molar-refractivity contribution in [3.63, 3.8) is 0 Å². The van der Waals surface area contributed by atoms with Gasteiger partial charge in [0.25, 0.3) is 0 Å². The molecular weight excluding hydrogens is 184 g/mol. The molecule has 0 amide bonds. The van der Waals surface area contributed by atoms with Crippen molar-refractivity contribution in [2.45, 2.75) is 57.9 Å². The van der Waals surface area contributed by atoms with E-state index >= 15 is 0 Å². The van der Waals surface area contributed by atoms with Crippen LogP contribution in [0.25, 0.3) is 0 Å². The van der Waals surface area contributed by atoms with Gasteiger partial charge in [-0.05, 0) is 12.3 Å². The van der Waals surface area contributed by atoms with Crippen molar-refractivity contribution < 1.29 is 0 Å². The lowest BCUT2D eigenvalue weighted by molar-refractivity contribution is 0.343. The Labute approximate surface area is 92.7 Å². The van der Waals surface area contributed by atoms with Crippen LogP contribution in [0.4, 0.5) is 0 Å². The first-order valence-corrected chi connectivity index (χ1v) is 6.41. The summed E-state index contributed by atoms with van der Waals surface area (Å²) in [6.45, 7) is 1.16. The highest BCUT2D eigenvalue weighted by Gasteiger charge is 2.10. The SMILES string of the molecule is c1cn(CCC2CCCCCCC2)cn1. The minimum absolute atomic E-state index is 0.965. The van der Waals surface area contributed by atoms with Crippen molar-refractivity contribution in [1.82, 2.24) is 9.55 Å². The van der Waals surface area contributed by atoms with E-state index < -0.39 is 0 Å². The van der Waals surface area contributed by atoms with E-state index in [-0.39, 0.29) is 0 Å². The summed E-state index contributed by atoms with van der Waals surface area (Å²) in [6, 6.07) is 0. The van der Waals surface area contributed by atoms with Crippen molar-refractivity contribution in [1.29, 1.82) is 0 Å². The summed E-state index contributed by atoms with van der Waals surface area (Å²) in [6.07, 6.45) is 17.4. The van der Waals surface area contributed by atoms with Gasteiger partial charge in [0.15, 0.2) is 0 Å². The first-order valence-electron chi connectivity index (χ1n) is 6.41. The molecule has 0 radical (unpaired) electrons. The van der Waals surface area contributed by atoms with E-state index in [4.69, 9.17) is 0 Å². The number of rotatable bonds is 3. The molecule has 0 N–H and O–H groups in total. The summed E-state index contributed by atoms with van der Waals surface area (Å²) >= 11 is 0. The van der Waals surface area contributed by atoms with E-state index in [2.05, 4.69) is 15.7 Å². The standard InChI is InChI=1S/C13H22N2/c1-2-4-6-13(7-5-3-1)8-10-15-11-9-14-12-15/h9,11-13H,1-8,10H2. The minimum atomic E-state index is 0.965. The van der Waals surface area contributed by atoms with Gasteiger partial charge in [0.05, 0.1) is 6.33 Å². The van der Waals surface area contributed by atoms with Crippen LogP contribution < -0.4 is 0 Å². The van der Waals surface area contributed by atoms with Crippen molar-refractivity contribution in [2.75, 3.05) is 0 Å². The van der Waals surface area contributed by atoms with Crippen LogP contribution in [0.3, 0.4) is 0 Å². The molecule has 1 aromatic rings. The molecule has 1 fully saturated rings. The lowest BCUT2D eigenvalue weighted by Gasteiger charge is -2.19. The summed E-state index contributed by atoms with van der Waals surface area (Å²) in [5.74, 6) is 0.965. The van der Waals surface area contributed by atoms with Gasteiger partial charge in [0.2, 0.25) is 0 Å². The van der Waals surface area contributed by atoms with Crippen molar-refractivity contribution in [3.05, 3.63) is 18.7 Å². The van der Waals surface area contributed by atoms with Crippen LogP contribution in [0.5, 0.6) is 0 Å². The third-order valence-electron chi connectivity index (χ3n) is 3.58. The van der Waals surface area contributed by atoms with E-state index in [1.54, 1.807) is 0 Å². The molecule has 0 aliphatic heterocycles. The maximum absolute atomic E-state index is 4.08. The first kappa shape index (κ1) is 10.7. The Balaban J connectivity index is 1.72. The molecule has 0 aromatic carbocycles. The van der Waals surface area contributed by atoms with E-state index in [9.17, 15) is 0 Å². The third kappa shape index (κ3) is 3.69. The van der Waals surface area contributed by atoms with Crippen LogP contribution in [0, 0.1) is 5.92 Å². The van der Waals surface area contributed by atoms with Crippen LogP contribution >= 0.6 is 0 Å². The Kier molecular flexibility index (Phi) is 4.24. The lowest BCUT2D eigenvalue weighted by Crippen LogP contribution is -2.07. The predicted octanol–water partition coefficient (Wildman–Crippen LogP) is 3.63. The van der Waals surface area contributed by atoms with E-state index in [1.165, 1.54) is 51.4 Å². The highest BCUT2D eigenvalue weighted by molar-refractivity contribution is 4.75. The molecule has 1 aliphatic carbocycles. The van der Waals surface area contributed by atoms with Gasteiger partial charge in [0.1, 0.15) is 0 Å². The lowest BCUT2D eigenvalue weighted by atomic mass is 9.89. The number of imidazole rings is 1. The van der Waals surface area contributed by atoms with Gasteiger partial charge in [0, 0.05) is 18.9 Å². The summed E-state index contributed by atoms with van der Waals surface area (Å²) in [4.78, 5) is 4.08. The molecule has 1 saturated carbocycles. The van der Waals surface area contributed by atoms with E-state index in [0.717, 1.165) is 12.5 Å². The molecule has 0 atom stereocenters. The largest absolute Gasteiger partial charge is 0.337 e. The number of aryl methyl sites for hydroxylation is 1. The fourth-order valence-electron chi connectivity index (χ4n) is 2.58. The smallest absolute Gasteiger partial charge is 0.0945 e. The maximum Gasteiger partial charge on any atom is 0.0945 e. The van der Waals surface area contributed by atoms with E-state index in [0.29, 0.717) is 0 Å². The molecule has 84 valence electrons. The number of aromatic nitrogens is 2. The van der Waals surface area contributed by atoms with Crippen LogP contribution in [-0.2, 0) is 6.54 Å². The monoisotopic (exact) mass is 206 g/mol.